The molecule has 1 rings (SSSR count). The number of carbonyl (C=O) groups is 1. The van der Waals surface area contributed by atoms with E-state index in [1.54, 1.807) is 0 Å². The van der Waals surface area contributed by atoms with E-state index >= 15 is 0 Å². The highest BCUT2D eigenvalue weighted by molar-refractivity contribution is 6.35. The van der Waals surface area contributed by atoms with Gasteiger partial charge < -0.3 is 4.74 Å². The zero-order valence-corrected chi connectivity index (χ0v) is 9.86. The molecular formula is C10H7Cl2F3O2. The van der Waals surface area contributed by atoms with E-state index in [1.165, 1.54) is 18.2 Å². The Hall–Kier alpha value is -0.780. The van der Waals surface area contributed by atoms with Crippen molar-refractivity contribution in [3.63, 3.8) is 0 Å². The number of halogens is 5. The van der Waals surface area contributed by atoms with Crippen molar-refractivity contribution in [1.82, 2.24) is 0 Å². The summed E-state index contributed by atoms with van der Waals surface area (Å²) in [5.41, 5.74) is 0.0429. The number of ether oxygens (including phenoxy) is 1. The van der Waals surface area contributed by atoms with Crippen molar-refractivity contribution in [1.29, 1.82) is 0 Å². The molecule has 0 bridgehead atoms. The van der Waals surface area contributed by atoms with Crippen LogP contribution in [-0.4, -0.2) is 25.2 Å². The number of carbonyl (C=O) groups excluding carboxylic acids is 1. The molecule has 7 heteroatoms. The van der Waals surface area contributed by atoms with E-state index < -0.39 is 25.2 Å². The Kier molecular flexibility index (Phi) is 4.80. The summed E-state index contributed by atoms with van der Waals surface area (Å²) in [6.45, 7) is -2.17. The molecule has 94 valence electrons. The summed E-state index contributed by atoms with van der Waals surface area (Å²) < 4.78 is 39.5. The smallest absolute Gasteiger partial charge is 0.364 e. The maximum absolute atomic E-state index is 11.8. The second kappa shape index (κ2) is 5.71. The molecule has 0 N–H and O–H groups in total. The predicted octanol–water partition coefficient (Wildman–Crippen LogP) is 3.76. The lowest BCUT2D eigenvalue weighted by atomic mass is 10.1. The van der Waals surface area contributed by atoms with Gasteiger partial charge in [-0.05, 0) is 18.2 Å². The van der Waals surface area contributed by atoms with Gasteiger partial charge in [0.05, 0.1) is 5.02 Å². The van der Waals surface area contributed by atoms with Crippen LogP contribution in [0.1, 0.15) is 10.4 Å². The van der Waals surface area contributed by atoms with Crippen molar-refractivity contribution in [2.45, 2.75) is 6.18 Å². The molecule has 1 aromatic rings. The third-order valence-electron chi connectivity index (χ3n) is 1.73. The van der Waals surface area contributed by atoms with Crippen LogP contribution in [0.25, 0.3) is 0 Å². The molecule has 0 heterocycles. The van der Waals surface area contributed by atoms with Crippen LogP contribution in [0.5, 0.6) is 0 Å². The van der Waals surface area contributed by atoms with Gasteiger partial charge in [0.15, 0.2) is 5.78 Å². The summed E-state index contributed by atoms with van der Waals surface area (Å²) in [6, 6.07) is 4.14. The summed E-state index contributed by atoms with van der Waals surface area (Å²) in [6.07, 6.45) is -4.46. The van der Waals surface area contributed by atoms with Crippen LogP contribution in [0.3, 0.4) is 0 Å². The lowest BCUT2D eigenvalue weighted by Gasteiger charge is -2.08. The van der Waals surface area contributed by atoms with E-state index in [1.807, 2.05) is 0 Å². The standard InChI is InChI=1S/C10H7Cl2F3O2/c11-6-1-2-8(12)7(3-6)9(16)4-17-5-10(13,14)15/h1-3H,4-5H2. The zero-order chi connectivity index (χ0) is 13.1. The molecule has 0 saturated carbocycles. The van der Waals surface area contributed by atoms with Crippen molar-refractivity contribution >= 4 is 29.0 Å². The van der Waals surface area contributed by atoms with Crippen molar-refractivity contribution in [3.8, 4) is 0 Å². The van der Waals surface area contributed by atoms with Crippen LogP contribution >= 0.6 is 23.2 Å². The Morgan fingerprint density at radius 1 is 1.29 bits per heavy atom. The molecule has 0 aliphatic heterocycles. The van der Waals surface area contributed by atoms with Crippen LogP contribution in [0.15, 0.2) is 18.2 Å². The fourth-order valence-corrected chi connectivity index (χ4v) is 1.44. The Morgan fingerprint density at radius 2 is 1.94 bits per heavy atom. The number of hydrogen-bond donors (Lipinski definition) is 0. The first-order chi connectivity index (χ1) is 7.79. The highest BCUT2D eigenvalue weighted by Gasteiger charge is 2.28. The van der Waals surface area contributed by atoms with Gasteiger partial charge in [0.1, 0.15) is 13.2 Å². The van der Waals surface area contributed by atoms with Gasteiger partial charge in [0.2, 0.25) is 0 Å². The molecule has 0 saturated heterocycles. The SMILES string of the molecule is O=C(COCC(F)(F)F)c1cc(Cl)ccc1Cl. The van der Waals surface area contributed by atoms with E-state index in [2.05, 4.69) is 4.74 Å². The summed E-state index contributed by atoms with van der Waals surface area (Å²) in [4.78, 5) is 11.5. The molecule has 0 unspecified atom stereocenters. The molecule has 2 nitrogen and oxygen atoms in total. The van der Waals surface area contributed by atoms with Gasteiger partial charge in [-0.2, -0.15) is 13.2 Å². The summed E-state index contributed by atoms with van der Waals surface area (Å²) >= 11 is 11.3. The summed E-state index contributed by atoms with van der Waals surface area (Å²) in [5.74, 6) is -0.651. The van der Waals surface area contributed by atoms with Gasteiger partial charge in [0, 0.05) is 10.6 Å². The second-order valence-corrected chi connectivity index (χ2v) is 4.00. The van der Waals surface area contributed by atoms with Crippen LogP contribution in [0, 0.1) is 0 Å². The minimum atomic E-state index is -4.46. The number of ketones is 1. The molecule has 0 fully saturated rings. The predicted molar refractivity (Wildman–Crippen MR) is 57.7 cm³/mol. The molecular weight excluding hydrogens is 280 g/mol. The number of Topliss-reactive ketones (excluding diaryl/α,β-unsaturated/α-hetero) is 1. The molecule has 1 aromatic carbocycles. The Balaban J connectivity index is 2.61. The molecule has 0 spiro atoms. The van der Waals surface area contributed by atoms with Gasteiger partial charge in [-0.1, -0.05) is 23.2 Å². The molecule has 0 atom stereocenters. The molecule has 0 amide bonds. The Labute approximate surface area is 105 Å². The average Bonchev–Trinajstić information content (AvgIpc) is 2.19. The minimum absolute atomic E-state index is 0.0429. The van der Waals surface area contributed by atoms with Crippen LogP contribution < -0.4 is 0 Å². The topological polar surface area (TPSA) is 26.3 Å². The lowest BCUT2D eigenvalue weighted by molar-refractivity contribution is -0.170. The Bertz CT molecular complexity index is 419. The van der Waals surface area contributed by atoms with E-state index in [-0.39, 0.29) is 15.6 Å². The number of benzene rings is 1. The monoisotopic (exact) mass is 286 g/mol. The van der Waals surface area contributed by atoms with Gasteiger partial charge in [-0.25, -0.2) is 0 Å². The van der Waals surface area contributed by atoms with Gasteiger partial charge in [-0.3, -0.25) is 4.79 Å². The minimum Gasteiger partial charge on any atom is -0.364 e. The van der Waals surface area contributed by atoms with Crippen LogP contribution in [-0.2, 0) is 4.74 Å². The molecule has 0 radical (unpaired) electrons. The first-order valence-corrected chi connectivity index (χ1v) is 5.18. The molecule has 0 aliphatic rings. The Morgan fingerprint density at radius 3 is 2.53 bits per heavy atom. The summed E-state index contributed by atoms with van der Waals surface area (Å²) in [5, 5.41) is 0.392. The maximum atomic E-state index is 11.8. The number of hydrogen-bond acceptors (Lipinski definition) is 2. The van der Waals surface area contributed by atoms with Gasteiger partial charge in [0.25, 0.3) is 0 Å². The number of rotatable bonds is 4. The van der Waals surface area contributed by atoms with E-state index in [4.69, 9.17) is 23.2 Å². The first kappa shape index (κ1) is 14.3. The highest BCUT2D eigenvalue weighted by atomic mass is 35.5. The molecule has 0 aromatic heterocycles. The first-order valence-electron chi connectivity index (χ1n) is 4.42. The van der Waals surface area contributed by atoms with E-state index in [0.29, 0.717) is 0 Å². The average molecular weight is 287 g/mol. The van der Waals surface area contributed by atoms with Crippen molar-refractivity contribution in [2.24, 2.45) is 0 Å². The normalized spacial score (nSPS) is 11.6. The molecule has 17 heavy (non-hydrogen) atoms. The van der Waals surface area contributed by atoms with Gasteiger partial charge in [-0.15, -0.1) is 0 Å². The van der Waals surface area contributed by atoms with Crippen molar-refractivity contribution in [3.05, 3.63) is 33.8 Å². The van der Waals surface area contributed by atoms with E-state index in [9.17, 15) is 18.0 Å². The highest BCUT2D eigenvalue weighted by Crippen LogP contribution is 2.21. The van der Waals surface area contributed by atoms with Crippen molar-refractivity contribution in [2.75, 3.05) is 13.2 Å². The molecule has 0 aliphatic carbocycles. The lowest BCUT2D eigenvalue weighted by Crippen LogP contribution is -2.20. The fourth-order valence-electron chi connectivity index (χ4n) is 1.05. The van der Waals surface area contributed by atoms with Crippen LogP contribution in [0.2, 0.25) is 10.0 Å². The number of alkyl halides is 3. The second-order valence-electron chi connectivity index (χ2n) is 3.16. The van der Waals surface area contributed by atoms with Crippen LogP contribution in [0.4, 0.5) is 13.2 Å². The summed E-state index contributed by atoms with van der Waals surface area (Å²) in [7, 11) is 0. The third-order valence-corrected chi connectivity index (χ3v) is 2.29. The van der Waals surface area contributed by atoms with Gasteiger partial charge >= 0.3 is 6.18 Å². The quantitative estimate of drug-likeness (QED) is 0.788. The van der Waals surface area contributed by atoms with Crippen molar-refractivity contribution < 1.29 is 22.7 Å². The fraction of sp³-hybridized carbons (Fsp3) is 0.300. The third kappa shape index (κ3) is 4.93. The maximum Gasteiger partial charge on any atom is 0.411 e. The largest absolute Gasteiger partial charge is 0.411 e. The zero-order valence-electron chi connectivity index (χ0n) is 8.35. The van der Waals surface area contributed by atoms with E-state index in [0.717, 1.165) is 0 Å².